The van der Waals surface area contributed by atoms with E-state index in [1.165, 1.54) is 4.90 Å². The SMILES string of the molecule is COc1cc(NC(=O)N(CC(=O)N(Cc2ccccc2)Cc2ccco2)CC(C)C)cc(OC)c1. The Hall–Kier alpha value is -3.94. The van der Waals surface area contributed by atoms with Gasteiger partial charge < -0.3 is 29.0 Å². The average molecular weight is 480 g/mol. The Labute approximate surface area is 206 Å². The van der Waals surface area contributed by atoms with Gasteiger partial charge in [0.25, 0.3) is 0 Å². The van der Waals surface area contributed by atoms with Crippen LogP contribution in [0.4, 0.5) is 10.5 Å². The van der Waals surface area contributed by atoms with Gasteiger partial charge in [-0.3, -0.25) is 4.79 Å². The smallest absolute Gasteiger partial charge is 0.322 e. The number of furan rings is 1. The zero-order valence-corrected chi connectivity index (χ0v) is 20.7. The number of benzene rings is 2. The second-order valence-electron chi connectivity index (χ2n) is 8.62. The summed E-state index contributed by atoms with van der Waals surface area (Å²) in [6.07, 6.45) is 1.58. The summed E-state index contributed by atoms with van der Waals surface area (Å²) in [4.78, 5) is 29.9. The topological polar surface area (TPSA) is 84.3 Å². The molecular formula is C27H33N3O5. The minimum absolute atomic E-state index is 0.0708. The lowest BCUT2D eigenvalue weighted by Crippen LogP contribution is -2.45. The van der Waals surface area contributed by atoms with Crippen LogP contribution in [0.1, 0.15) is 25.2 Å². The van der Waals surface area contributed by atoms with Gasteiger partial charge in [-0.2, -0.15) is 0 Å². The fourth-order valence-corrected chi connectivity index (χ4v) is 3.63. The number of ether oxygens (including phenoxy) is 2. The van der Waals surface area contributed by atoms with Crippen molar-refractivity contribution in [3.8, 4) is 11.5 Å². The van der Waals surface area contributed by atoms with Gasteiger partial charge in [0.2, 0.25) is 5.91 Å². The molecular weight excluding hydrogens is 446 g/mol. The van der Waals surface area contributed by atoms with Crippen LogP contribution in [-0.2, 0) is 17.9 Å². The molecule has 8 heteroatoms. The van der Waals surface area contributed by atoms with Gasteiger partial charge in [0, 0.05) is 37.0 Å². The molecule has 0 aliphatic carbocycles. The summed E-state index contributed by atoms with van der Waals surface area (Å²) in [6.45, 7) is 5.07. The number of nitrogens with zero attached hydrogens (tertiary/aromatic N) is 2. The summed E-state index contributed by atoms with van der Waals surface area (Å²) in [7, 11) is 3.09. The van der Waals surface area contributed by atoms with Gasteiger partial charge in [-0.25, -0.2) is 4.79 Å². The molecule has 0 saturated heterocycles. The van der Waals surface area contributed by atoms with E-state index in [0.29, 0.717) is 42.6 Å². The van der Waals surface area contributed by atoms with Crippen LogP contribution in [0.15, 0.2) is 71.3 Å². The van der Waals surface area contributed by atoms with Crippen molar-refractivity contribution < 1.29 is 23.5 Å². The summed E-state index contributed by atoms with van der Waals surface area (Å²) < 4.78 is 16.1. The highest BCUT2D eigenvalue weighted by molar-refractivity contribution is 5.92. The number of hydrogen-bond donors (Lipinski definition) is 1. The summed E-state index contributed by atoms with van der Waals surface area (Å²) in [5.41, 5.74) is 1.51. The van der Waals surface area contributed by atoms with Crippen LogP contribution in [0.25, 0.3) is 0 Å². The van der Waals surface area contributed by atoms with E-state index in [2.05, 4.69) is 5.32 Å². The monoisotopic (exact) mass is 479 g/mol. The van der Waals surface area contributed by atoms with Crippen molar-refractivity contribution in [2.45, 2.75) is 26.9 Å². The molecule has 0 radical (unpaired) electrons. The van der Waals surface area contributed by atoms with Crippen molar-refractivity contribution in [2.24, 2.45) is 5.92 Å². The first-order valence-corrected chi connectivity index (χ1v) is 11.5. The average Bonchev–Trinajstić information content (AvgIpc) is 3.36. The van der Waals surface area contributed by atoms with Crippen molar-refractivity contribution in [3.63, 3.8) is 0 Å². The third-order valence-corrected chi connectivity index (χ3v) is 5.30. The number of carbonyl (C=O) groups excluding carboxylic acids is 2. The normalized spacial score (nSPS) is 10.7. The number of rotatable bonds is 11. The van der Waals surface area contributed by atoms with Crippen LogP contribution in [0.2, 0.25) is 0 Å². The summed E-state index contributed by atoms with van der Waals surface area (Å²) in [6, 6.07) is 18.1. The van der Waals surface area contributed by atoms with Crippen molar-refractivity contribution >= 4 is 17.6 Å². The number of hydrogen-bond acceptors (Lipinski definition) is 5. The molecule has 0 aliphatic heterocycles. The van der Waals surface area contributed by atoms with Crippen LogP contribution in [0.3, 0.4) is 0 Å². The number of anilines is 1. The van der Waals surface area contributed by atoms with Crippen LogP contribution in [-0.4, -0.2) is 49.0 Å². The summed E-state index contributed by atoms with van der Waals surface area (Å²) >= 11 is 0. The highest BCUT2D eigenvalue weighted by atomic mass is 16.5. The Morgan fingerprint density at radius 2 is 1.60 bits per heavy atom. The predicted molar refractivity (Wildman–Crippen MR) is 134 cm³/mol. The molecule has 0 saturated carbocycles. The Morgan fingerprint density at radius 1 is 0.914 bits per heavy atom. The maximum Gasteiger partial charge on any atom is 0.322 e. The second-order valence-corrected chi connectivity index (χ2v) is 8.62. The molecule has 1 N–H and O–H groups in total. The lowest BCUT2D eigenvalue weighted by Gasteiger charge is -2.28. The Kier molecular flexibility index (Phi) is 9.17. The third-order valence-electron chi connectivity index (χ3n) is 5.30. The Balaban J connectivity index is 1.77. The molecule has 3 amide bonds. The van der Waals surface area contributed by atoms with Crippen LogP contribution >= 0.6 is 0 Å². The largest absolute Gasteiger partial charge is 0.497 e. The quantitative estimate of drug-likeness (QED) is 0.418. The Morgan fingerprint density at radius 3 is 2.17 bits per heavy atom. The molecule has 0 unspecified atom stereocenters. The third kappa shape index (κ3) is 7.81. The highest BCUT2D eigenvalue weighted by Gasteiger charge is 2.23. The van der Waals surface area contributed by atoms with E-state index in [9.17, 15) is 9.59 Å². The molecule has 1 aromatic heterocycles. The molecule has 0 spiro atoms. The number of urea groups is 1. The zero-order chi connectivity index (χ0) is 25.2. The van der Waals surface area contributed by atoms with Crippen LogP contribution in [0, 0.1) is 5.92 Å². The maximum atomic E-state index is 13.4. The van der Waals surface area contributed by atoms with Gasteiger partial charge in [0.1, 0.15) is 23.8 Å². The van der Waals surface area contributed by atoms with E-state index in [-0.39, 0.29) is 24.4 Å². The first-order chi connectivity index (χ1) is 16.9. The molecule has 35 heavy (non-hydrogen) atoms. The predicted octanol–water partition coefficient (Wildman–Crippen LogP) is 5.02. The zero-order valence-electron chi connectivity index (χ0n) is 20.7. The number of nitrogens with one attached hydrogen (secondary N) is 1. The van der Waals surface area contributed by atoms with Crippen molar-refractivity contribution in [1.82, 2.24) is 9.80 Å². The molecule has 3 aromatic rings. The molecule has 1 heterocycles. The second kappa shape index (κ2) is 12.5. The van der Waals surface area contributed by atoms with Crippen molar-refractivity contribution in [3.05, 3.63) is 78.3 Å². The van der Waals surface area contributed by atoms with Gasteiger partial charge >= 0.3 is 6.03 Å². The van der Waals surface area contributed by atoms with E-state index < -0.39 is 0 Å². The standard InChI is InChI=1S/C27H33N3O5/c1-20(2)16-30(27(32)28-22-13-24(33-3)15-25(14-22)34-4)19-26(31)29(18-23-11-8-12-35-23)17-21-9-6-5-7-10-21/h5-15,20H,16-19H2,1-4H3,(H,28,32). The van der Waals surface area contributed by atoms with Gasteiger partial charge in [-0.15, -0.1) is 0 Å². The molecule has 3 rings (SSSR count). The van der Waals surface area contributed by atoms with Crippen LogP contribution in [0.5, 0.6) is 11.5 Å². The molecule has 0 atom stereocenters. The number of methoxy groups -OCH3 is 2. The van der Waals surface area contributed by atoms with Gasteiger partial charge in [-0.05, 0) is 23.6 Å². The molecule has 2 aromatic carbocycles. The van der Waals surface area contributed by atoms with Gasteiger partial charge in [-0.1, -0.05) is 44.2 Å². The first-order valence-electron chi connectivity index (χ1n) is 11.5. The summed E-state index contributed by atoms with van der Waals surface area (Å²) in [5, 5.41) is 2.87. The van der Waals surface area contributed by atoms with E-state index in [1.807, 2.05) is 50.2 Å². The van der Waals surface area contributed by atoms with Crippen molar-refractivity contribution in [1.29, 1.82) is 0 Å². The molecule has 0 bridgehead atoms. The molecule has 0 aliphatic rings. The molecule has 0 fully saturated rings. The lowest BCUT2D eigenvalue weighted by atomic mass is 10.2. The number of amides is 3. The van der Waals surface area contributed by atoms with Gasteiger partial charge in [0.15, 0.2) is 0 Å². The molecule has 186 valence electrons. The van der Waals surface area contributed by atoms with E-state index >= 15 is 0 Å². The van der Waals surface area contributed by atoms with E-state index in [1.54, 1.807) is 49.6 Å². The van der Waals surface area contributed by atoms with E-state index in [4.69, 9.17) is 13.9 Å². The highest BCUT2D eigenvalue weighted by Crippen LogP contribution is 2.26. The lowest BCUT2D eigenvalue weighted by molar-refractivity contribution is -0.133. The van der Waals surface area contributed by atoms with Crippen LogP contribution < -0.4 is 14.8 Å². The minimum Gasteiger partial charge on any atom is -0.497 e. The Bertz CT molecular complexity index is 1060. The fraction of sp³-hybridized carbons (Fsp3) is 0.333. The van der Waals surface area contributed by atoms with E-state index in [0.717, 1.165) is 5.56 Å². The number of carbonyl (C=O) groups is 2. The fourth-order valence-electron chi connectivity index (χ4n) is 3.63. The van der Waals surface area contributed by atoms with Gasteiger partial charge in [0.05, 0.1) is 27.0 Å². The summed E-state index contributed by atoms with van der Waals surface area (Å²) in [5.74, 6) is 1.78. The maximum absolute atomic E-state index is 13.4. The first kappa shape index (κ1) is 25.7. The molecule has 8 nitrogen and oxygen atoms in total. The minimum atomic E-state index is -0.375. The van der Waals surface area contributed by atoms with Crippen molar-refractivity contribution in [2.75, 3.05) is 32.6 Å².